The van der Waals surface area contributed by atoms with Crippen LogP contribution >= 0.6 is 0 Å². The maximum absolute atomic E-state index is 12.1. The smallest absolute Gasteiger partial charge is 0.276 e. The number of carbonyl (C=O) groups is 1. The summed E-state index contributed by atoms with van der Waals surface area (Å²) >= 11 is 0. The van der Waals surface area contributed by atoms with Gasteiger partial charge >= 0.3 is 0 Å². The van der Waals surface area contributed by atoms with E-state index >= 15 is 0 Å². The first-order valence-electron chi connectivity index (χ1n) is 5.98. The SMILES string of the molecule is COCc1cc(C(=O)N2CCC(C)(O)CC2)no1. The van der Waals surface area contributed by atoms with Gasteiger partial charge in [-0.05, 0) is 19.8 Å². The molecule has 0 aliphatic carbocycles. The van der Waals surface area contributed by atoms with Gasteiger partial charge in [0.05, 0.1) is 5.60 Å². The van der Waals surface area contributed by atoms with Crippen molar-refractivity contribution in [1.29, 1.82) is 0 Å². The van der Waals surface area contributed by atoms with Crippen molar-refractivity contribution >= 4 is 5.91 Å². The molecule has 1 saturated heterocycles. The molecule has 0 saturated carbocycles. The minimum absolute atomic E-state index is 0.156. The third-order valence-corrected chi connectivity index (χ3v) is 3.19. The van der Waals surface area contributed by atoms with Crippen LogP contribution in [-0.2, 0) is 11.3 Å². The highest BCUT2D eigenvalue weighted by Gasteiger charge is 2.31. The number of hydrogen-bond donors (Lipinski definition) is 1. The molecular formula is C12H18N2O4. The van der Waals surface area contributed by atoms with Gasteiger partial charge < -0.3 is 19.3 Å². The Morgan fingerprint density at radius 2 is 2.28 bits per heavy atom. The normalized spacial score (nSPS) is 18.9. The number of nitrogens with zero attached hydrogens (tertiary/aromatic N) is 2. The summed E-state index contributed by atoms with van der Waals surface area (Å²) < 4.78 is 9.89. The van der Waals surface area contributed by atoms with Crippen LogP contribution in [0.15, 0.2) is 10.6 Å². The predicted octanol–water partition coefficient (Wildman–Crippen LogP) is 0.808. The molecule has 100 valence electrons. The molecule has 1 fully saturated rings. The Kier molecular flexibility index (Phi) is 3.68. The fourth-order valence-corrected chi connectivity index (χ4v) is 1.98. The van der Waals surface area contributed by atoms with Gasteiger partial charge in [0.2, 0.25) is 0 Å². The molecule has 1 aliphatic rings. The van der Waals surface area contributed by atoms with Gasteiger partial charge in [0.25, 0.3) is 5.91 Å². The van der Waals surface area contributed by atoms with Crippen LogP contribution in [0.1, 0.15) is 36.0 Å². The Bertz CT molecular complexity index is 417. The number of carbonyl (C=O) groups excluding carboxylic acids is 1. The number of methoxy groups -OCH3 is 1. The molecule has 0 radical (unpaired) electrons. The Balaban J connectivity index is 1.98. The van der Waals surface area contributed by atoms with E-state index in [-0.39, 0.29) is 5.91 Å². The van der Waals surface area contributed by atoms with E-state index in [0.29, 0.717) is 44.0 Å². The third-order valence-electron chi connectivity index (χ3n) is 3.19. The number of aliphatic hydroxyl groups is 1. The number of piperidine rings is 1. The zero-order chi connectivity index (χ0) is 13.2. The molecule has 1 aromatic heterocycles. The van der Waals surface area contributed by atoms with Gasteiger partial charge in [-0.15, -0.1) is 0 Å². The molecule has 0 unspecified atom stereocenters. The van der Waals surface area contributed by atoms with Crippen LogP contribution in [0.25, 0.3) is 0 Å². The zero-order valence-electron chi connectivity index (χ0n) is 10.7. The Labute approximate surface area is 106 Å². The standard InChI is InChI=1S/C12H18N2O4/c1-12(16)3-5-14(6-4-12)11(15)10-7-9(8-17-2)18-13-10/h7,16H,3-6,8H2,1-2H3. The monoisotopic (exact) mass is 254 g/mol. The minimum Gasteiger partial charge on any atom is -0.390 e. The van der Waals surface area contributed by atoms with Crippen LogP contribution in [0.2, 0.25) is 0 Å². The number of likely N-dealkylation sites (tertiary alicyclic amines) is 1. The molecule has 2 rings (SSSR count). The Morgan fingerprint density at radius 3 is 2.89 bits per heavy atom. The summed E-state index contributed by atoms with van der Waals surface area (Å²) in [6, 6.07) is 1.60. The molecule has 1 aromatic rings. The number of ether oxygens (including phenoxy) is 1. The summed E-state index contributed by atoms with van der Waals surface area (Å²) in [6.45, 7) is 3.17. The molecule has 18 heavy (non-hydrogen) atoms. The highest BCUT2D eigenvalue weighted by molar-refractivity contribution is 5.92. The highest BCUT2D eigenvalue weighted by Crippen LogP contribution is 2.22. The van der Waals surface area contributed by atoms with Crippen LogP contribution < -0.4 is 0 Å². The van der Waals surface area contributed by atoms with Gasteiger partial charge in [0.15, 0.2) is 11.5 Å². The van der Waals surface area contributed by atoms with E-state index in [4.69, 9.17) is 9.26 Å². The lowest BCUT2D eigenvalue weighted by Crippen LogP contribution is -2.45. The van der Waals surface area contributed by atoms with E-state index in [2.05, 4.69) is 5.16 Å². The Morgan fingerprint density at radius 1 is 1.61 bits per heavy atom. The first-order chi connectivity index (χ1) is 8.52. The highest BCUT2D eigenvalue weighted by atomic mass is 16.5. The number of hydrogen-bond acceptors (Lipinski definition) is 5. The fraction of sp³-hybridized carbons (Fsp3) is 0.667. The summed E-state index contributed by atoms with van der Waals surface area (Å²) in [4.78, 5) is 13.8. The quantitative estimate of drug-likeness (QED) is 0.863. The summed E-state index contributed by atoms with van der Waals surface area (Å²) in [5.41, 5.74) is -0.370. The van der Waals surface area contributed by atoms with Crippen molar-refractivity contribution in [2.75, 3.05) is 20.2 Å². The number of rotatable bonds is 3. The fourth-order valence-electron chi connectivity index (χ4n) is 1.98. The van der Waals surface area contributed by atoms with Gasteiger partial charge in [-0.1, -0.05) is 5.16 Å². The van der Waals surface area contributed by atoms with E-state index in [0.717, 1.165) is 0 Å². The van der Waals surface area contributed by atoms with Crippen LogP contribution in [-0.4, -0.2) is 46.9 Å². The third kappa shape index (κ3) is 2.88. The maximum Gasteiger partial charge on any atom is 0.276 e. The molecule has 6 nitrogen and oxygen atoms in total. The average molecular weight is 254 g/mol. The first kappa shape index (κ1) is 13.0. The minimum atomic E-state index is -0.665. The summed E-state index contributed by atoms with van der Waals surface area (Å²) in [5.74, 6) is 0.376. The Hall–Kier alpha value is -1.40. The number of amides is 1. The molecular weight excluding hydrogens is 236 g/mol. The van der Waals surface area contributed by atoms with Crippen LogP contribution in [0.5, 0.6) is 0 Å². The second kappa shape index (κ2) is 5.07. The molecule has 2 heterocycles. The first-order valence-corrected chi connectivity index (χ1v) is 5.98. The lowest BCUT2D eigenvalue weighted by molar-refractivity contribution is -0.00229. The molecule has 1 aliphatic heterocycles. The van der Waals surface area contributed by atoms with Crippen molar-refractivity contribution in [3.63, 3.8) is 0 Å². The number of aromatic nitrogens is 1. The summed E-state index contributed by atoms with van der Waals surface area (Å²) in [7, 11) is 1.55. The second-order valence-electron chi connectivity index (χ2n) is 4.90. The second-order valence-corrected chi connectivity index (χ2v) is 4.90. The van der Waals surface area contributed by atoms with Crippen molar-refractivity contribution in [3.8, 4) is 0 Å². The van der Waals surface area contributed by atoms with E-state index < -0.39 is 5.60 Å². The van der Waals surface area contributed by atoms with Crippen molar-refractivity contribution < 1.29 is 19.2 Å². The van der Waals surface area contributed by atoms with Gasteiger partial charge in [0, 0.05) is 26.3 Å². The molecule has 0 bridgehead atoms. The van der Waals surface area contributed by atoms with Crippen molar-refractivity contribution in [2.45, 2.75) is 32.0 Å². The van der Waals surface area contributed by atoms with Crippen LogP contribution in [0.4, 0.5) is 0 Å². The van der Waals surface area contributed by atoms with Crippen molar-refractivity contribution in [2.24, 2.45) is 0 Å². The maximum atomic E-state index is 12.1. The molecule has 1 N–H and O–H groups in total. The summed E-state index contributed by atoms with van der Waals surface area (Å²) in [6.07, 6.45) is 1.17. The van der Waals surface area contributed by atoms with E-state index in [1.165, 1.54) is 0 Å². The van der Waals surface area contributed by atoms with Crippen molar-refractivity contribution in [3.05, 3.63) is 17.5 Å². The molecule has 1 amide bonds. The average Bonchev–Trinajstić information content (AvgIpc) is 2.77. The van der Waals surface area contributed by atoms with Crippen LogP contribution in [0, 0.1) is 0 Å². The van der Waals surface area contributed by atoms with E-state index in [9.17, 15) is 9.90 Å². The summed E-state index contributed by atoms with van der Waals surface area (Å²) in [5, 5.41) is 13.6. The van der Waals surface area contributed by atoms with Crippen LogP contribution in [0.3, 0.4) is 0 Å². The van der Waals surface area contributed by atoms with Crippen molar-refractivity contribution in [1.82, 2.24) is 10.1 Å². The molecule has 0 spiro atoms. The lowest BCUT2D eigenvalue weighted by atomic mass is 9.94. The van der Waals surface area contributed by atoms with Gasteiger partial charge in [0.1, 0.15) is 6.61 Å². The topological polar surface area (TPSA) is 75.8 Å². The zero-order valence-corrected chi connectivity index (χ0v) is 10.7. The van der Waals surface area contributed by atoms with E-state index in [1.807, 2.05) is 0 Å². The largest absolute Gasteiger partial charge is 0.390 e. The lowest BCUT2D eigenvalue weighted by Gasteiger charge is -2.35. The van der Waals surface area contributed by atoms with Gasteiger partial charge in [-0.2, -0.15) is 0 Å². The van der Waals surface area contributed by atoms with Gasteiger partial charge in [-0.3, -0.25) is 4.79 Å². The predicted molar refractivity (Wildman–Crippen MR) is 63.0 cm³/mol. The van der Waals surface area contributed by atoms with E-state index in [1.54, 1.807) is 25.0 Å². The molecule has 0 aromatic carbocycles. The molecule has 0 atom stereocenters. The van der Waals surface area contributed by atoms with Gasteiger partial charge in [-0.25, -0.2) is 0 Å². The molecule has 6 heteroatoms.